The van der Waals surface area contributed by atoms with Crippen LogP contribution in [0.25, 0.3) is 11.0 Å². The van der Waals surface area contributed by atoms with E-state index in [1.807, 2.05) is 38.2 Å². The maximum absolute atomic E-state index is 13.3. The van der Waals surface area contributed by atoms with E-state index in [4.69, 9.17) is 27.9 Å². The molecule has 5 nitrogen and oxygen atoms in total. The van der Waals surface area contributed by atoms with Gasteiger partial charge in [0.05, 0.1) is 45.1 Å². The maximum atomic E-state index is 13.3. The predicted octanol–water partition coefficient (Wildman–Crippen LogP) is 4.12. The number of anilines is 1. The van der Waals surface area contributed by atoms with E-state index < -0.39 is 11.2 Å². The fourth-order valence-corrected chi connectivity index (χ4v) is 4.27. The van der Waals surface area contributed by atoms with Crippen LogP contribution in [0.5, 0.6) is 5.75 Å². The monoisotopic (exact) mass is 397 g/mol. The summed E-state index contributed by atoms with van der Waals surface area (Å²) >= 11 is 10.7. The second kappa shape index (κ2) is 6.96. The van der Waals surface area contributed by atoms with Crippen molar-refractivity contribution in [3.05, 3.63) is 40.4 Å². The molecule has 1 atom stereocenters. The molecule has 0 aliphatic heterocycles. The number of hydrogen-bond donors (Lipinski definition) is 0. The lowest BCUT2D eigenvalue weighted by molar-refractivity contribution is 0.413. The summed E-state index contributed by atoms with van der Waals surface area (Å²) in [4.78, 5) is 7.04. The zero-order valence-electron chi connectivity index (χ0n) is 14.2. The maximum Gasteiger partial charge on any atom is 0.329 e. The average Bonchev–Trinajstić information content (AvgIpc) is 2.90. The minimum atomic E-state index is -1.50. The van der Waals surface area contributed by atoms with E-state index in [2.05, 4.69) is 4.98 Å². The van der Waals surface area contributed by atoms with E-state index in [-0.39, 0.29) is 0 Å². The minimum Gasteiger partial charge on any atom is -0.604 e. The Morgan fingerprint density at radius 1 is 1.16 bits per heavy atom. The predicted molar refractivity (Wildman–Crippen MR) is 103 cm³/mol. The summed E-state index contributed by atoms with van der Waals surface area (Å²) in [6.07, 6.45) is 0. The van der Waals surface area contributed by atoms with Gasteiger partial charge in [-0.15, -0.1) is 0 Å². The highest BCUT2D eigenvalue weighted by molar-refractivity contribution is 7.91. The zero-order valence-corrected chi connectivity index (χ0v) is 16.5. The number of ether oxygens (including phenoxy) is 1. The highest BCUT2D eigenvalue weighted by Crippen LogP contribution is 2.34. The van der Waals surface area contributed by atoms with Crippen LogP contribution in [0.15, 0.2) is 40.4 Å². The van der Waals surface area contributed by atoms with Crippen molar-refractivity contribution in [2.45, 2.75) is 10.1 Å². The van der Waals surface area contributed by atoms with E-state index >= 15 is 0 Å². The van der Waals surface area contributed by atoms with Crippen molar-refractivity contribution in [3.63, 3.8) is 0 Å². The molecule has 8 heteroatoms. The third-order valence-electron chi connectivity index (χ3n) is 3.90. The largest absolute Gasteiger partial charge is 0.604 e. The third-order valence-corrected chi connectivity index (χ3v) is 6.04. The molecule has 25 heavy (non-hydrogen) atoms. The molecule has 1 unspecified atom stereocenters. The molecule has 2 aromatic carbocycles. The fraction of sp³-hybridized carbons (Fsp3) is 0.235. The van der Waals surface area contributed by atoms with Crippen LogP contribution in [0, 0.1) is 0 Å². The molecule has 3 rings (SSSR count). The Labute approximate surface area is 159 Å². The second-order valence-electron chi connectivity index (χ2n) is 5.71. The van der Waals surface area contributed by atoms with Gasteiger partial charge in [-0.2, -0.15) is 4.98 Å². The number of imidazole rings is 1. The second-order valence-corrected chi connectivity index (χ2v) is 7.86. The minimum absolute atomic E-state index is 0.417. The Kier molecular flexibility index (Phi) is 5.06. The Balaban J connectivity index is 2.17. The highest BCUT2D eigenvalue weighted by atomic mass is 35.5. The van der Waals surface area contributed by atoms with Crippen LogP contribution >= 0.6 is 23.2 Å². The Bertz CT molecular complexity index is 943. The van der Waals surface area contributed by atoms with E-state index in [9.17, 15) is 4.55 Å². The number of benzene rings is 2. The van der Waals surface area contributed by atoms with Crippen LogP contribution < -0.4 is 9.64 Å². The van der Waals surface area contributed by atoms with Crippen molar-refractivity contribution < 1.29 is 9.29 Å². The number of halogens is 2. The molecule has 0 amide bonds. The number of fused-ring (bicyclic) bond motifs is 1. The van der Waals surface area contributed by atoms with E-state index in [1.165, 1.54) is 0 Å². The molecule has 0 aliphatic rings. The summed E-state index contributed by atoms with van der Waals surface area (Å²) in [7, 11) is 7.19. The highest BCUT2D eigenvalue weighted by Gasteiger charge is 2.27. The summed E-state index contributed by atoms with van der Waals surface area (Å²) in [5.74, 6) is 0.638. The van der Waals surface area contributed by atoms with Crippen LogP contribution in [0.1, 0.15) is 0 Å². The lowest BCUT2D eigenvalue weighted by Gasteiger charge is -2.18. The van der Waals surface area contributed by atoms with Crippen LogP contribution in [-0.2, 0) is 18.2 Å². The van der Waals surface area contributed by atoms with Crippen molar-refractivity contribution in [1.29, 1.82) is 0 Å². The number of rotatable bonds is 4. The summed E-state index contributed by atoms with van der Waals surface area (Å²) in [6.45, 7) is 0. The van der Waals surface area contributed by atoms with Crippen molar-refractivity contribution in [1.82, 2.24) is 9.55 Å². The fourth-order valence-electron chi connectivity index (χ4n) is 2.57. The molecule has 1 aromatic heterocycles. The summed E-state index contributed by atoms with van der Waals surface area (Å²) < 4.78 is 20.3. The average molecular weight is 398 g/mol. The SMILES string of the molecule is COc1ccc(N(C)C)c([S+]([O-])c2nc3cc(Cl)c(Cl)cc3n2C)c1. The molecule has 0 N–H and O–H groups in total. The number of aromatic nitrogens is 2. The zero-order chi connectivity index (χ0) is 18.3. The first-order valence-corrected chi connectivity index (χ1v) is 9.32. The van der Waals surface area contributed by atoms with Gasteiger partial charge in [-0.05, 0) is 24.3 Å². The summed E-state index contributed by atoms with van der Waals surface area (Å²) in [5, 5.41) is 1.27. The third kappa shape index (κ3) is 3.27. The Morgan fingerprint density at radius 3 is 2.48 bits per heavy atom. The Morgan fingerprint density at radius 2 is 1.84 bits per heavy atom. The van der Waals surface area contributed by atoms with Gasteiger partial charge in [0.1, 0.15) is 5.75 Å². The molecule has 0 fully saturated rings. The lowest BCUT2D eigenvalue weighted by Crippen LogP contribution is -2.16. The molecular formula is C17H17Cl2N3O2S. The van der Waals surface area contributed by atoms with Gasteiger partial charge in [-0.3, -0.25) is 4.57 Å². The molecule has 0 aliphatic carbocycles. The first-order valence-electron chi connectivity index (χ1n) is 7.42. The normalized spacial score (nSPS) is 12.4. The molecule has 0 spiro atoms. The van der Waals surface area contributed by atoms with Crippen molar-refractivity contribution >= 4 is 51.1 Å². The van der Waals surface area contributed by atoms with Gasteiger partial charge >= 0.3 is 5.16 Å². The van der Waals surface area contributed by atoms with Crippen molar-refractivity contribution in [2.24, 2.45) is 7.05 Å². The van der Waals surface area contributed by atoms with Gasteiger partial charge in [0, 0.05) is 27.2 Å². The van der Waals surface area contributed by atoms with Gasteiger partial charge in [0.25, 0.3) is 0 Å². The quantitative estimate of drug-likeness (QED) is 0.621. The van der Waals surface area contributed by atoms with E-state index in [1.54, 1.807) is 29.9 Å². The molecule has 0 saturated carbocycles. The number of nitrogens with zero attached hydrogens (tertiary/aromatic N) is 3. The molecular weight excluding hydrogens is 381 g/mol. The van der Waals surface area contributed by atoms with Gasteiger partial charge < -0.3 is 14.2 Å². The van der Waals surface area contributed by atoms with Crippen LogP contribution in [0.3, 0.4) is 0 Å². The molecule has 0 radical (unpaired) electrons. The Hall–Kier alpha value is -1.60. The number of hydrogen-bond acceptors (Lipinski definition) is 4. The summed E-state index contributed by atoms with van der Waals surface area (Å²) in [6, 6.07) is 8.89. The number of methoxy groups -OCH3 is 1. The van der Waals surface area contributed by atoms with Gasteiger partial charge in [0.2, 0.25) is 0 Å². The van der Waals surface area contributed by atoms with E-state index in [0.717, 1.165) is 11.2 Å². The van der Waals surface area contributed by atoms with Crippen molar-refractivity contribution in [2.75, 3.05) is 26.1 Å². The van der Waals surface area contributed by atoms with Crippen LogP contribution in [-0.4, -0.2) is 35.3 Å². The van der Waals surface area contributed by atoms with E-state index in [0.29, 0.717) is 31.4 Å². The van der Waals surface area contributed by atoms with Gasteiger partial charge in [0.15, 0.2) is 4.90 Å². The molecule has 0 saturated heterocycles. The standard InChI is InChI=1S/C17H17Cl2N3O2S/c1-21(2)14-6-5-10(24-4)7-16(14)25(23)17-20-13-8-11(18)12(19)9-15(13)22(17)3/h5-9H,1-4H3. The molecule has 0 bridgehead atoms. The number of aryl methyl sites for hydroxylation is 1. The first kappa shape index (κ1) is 18.2. The van der Waals surface area contributed by atoms with Crippen molar-refractivity contribution in [3.8, 4) is 5.75 Å². The van der Waals surface area contributed by atoms with Crippen LogP contribution in [0.4, 0.5) is 5.69 Å². The molecule has 1 heterocycles. The molecule has 132 valence electrons. The first-order chi connectivity index (χ1) is 11.8. The topological polar surface area (TPSA) is 53.4 Å². The molecule has 3 aromatic rings. The van der Waals surface area contributed by atoms with Crippen LogP contribution in [0.2, 0.25) is 10.0 Å². The van der Waals surface area contributed by atoms with Gasteiger partial charge in [-0.1, -0.05) is 23.2 Å². The lowest BCUT2D eigenvalue weighted by atomic mass is 10.3. The van der Waals surface area contributed by atoms with Gasteiger partial charge in [-0.25, -0.2) is 0 Å². The smallest absolute Gasteiger partial charge is 0.329 e. The summed E-state index contributed by atoms with van der Waals surface area (Å²) in [5.41, 5.74) is 2.25.